The maximum atomic E-state index is 13.6. The number of benzene rings is 1. The molecular formula is C21H28N3O9PS. The van der Waals surface area contributed by atoms with E-state index in [1.54, 1.807) is 44.2 Å². The molecule has 0 unspecified atom stereocenters. The van der Waals surface area contributed by atoms with E-state index >= 15 is 0 Å². The quantitative estimate of drug-likeness (QED) is 0.256. The van der Waals surface area contributed by atoms with E-state index in [1.807, 2.05) is 0 Å². The van der Waals surface area contributed by atoms with E-state index in [2.05, 4.69) is 10.1 Å². The summed E-state index contributed by atoms with van der Waals surface area (Å²) in [4.78, 5) is 37.8. The Labute approximate surface area is 205 Å². The van der Waals surface area contributed by atoms with Gasteiger partial charge in [-0.15, -0.1) is 11.8 Å². The Morgan fingerprint density at radius 3 is 2.49 bits per heavy atom. The van der Waals surface area contributed by atoms with E-state index in [1.165, 1.54) is 13.1 Å². The van der Waals surface area contributed by atoms with Crippen molar-refractivity contribution in [1.29, 1.82) is 0 Å². The van der Waals surface area contributed by atoms with Crippen LogP contribution in [0.25, 0.3) is 0 Å². The second-order valence-electron chi connectivity index (χ2n) is 8.10. The number of nitrogens with zero attached hydrogens (tertiary/aromatic N) is 1. The Bertz CT molecular complexity index is 1170. The molecule has 192 valence electrons. The van der Waals surface area contributed by atoms with Gasteiger partial charge in [0.25, 0.3) is 5.56 Å². The molecule has 6 atom stereocenters. The molecule has 0 saturated carbocycles. The van der Waals surface area contributed by atoms with Gasteiger partial charge in [-0.05, 0) is 32.9 Å². The lowest BCUT2D eigenvalue weighted by Gasteiger charge is -2.25. The molecule has 1 aliphatic heterocycles. The minimum Gasteiger partial charge on any atom is -0.462 e. The van der Waals surface area contributed by atoms with Crippen LogP contribution in [0, 0.1) is 0 Å². The summed E-state index contributed by atoms with van der Waals surface area (Å²) in [5, 5.41) is 21.8. The van der Waals surface area contributed by atoms with Gasteiger partial charge in [0.05, 0.1) is 24.1 Å². The monoisotopic (exact) mass is 529 g/mol. The number of aromatic nitrogens is 2. The summed E-state index contributed by atoms with van der Waals surface area (Å²) in [6.45, 7) is 4.43. The number of para-hydroxylation sites is 1. The highest BCUT2D eigenvalue weighted by Gasteiger charge is 2.45. The number of aliphatic hydroxyl groups is 2. The average Bonchev–Trinajstić information content (AvgIpc) is 3.06. The molecule has 1 aliphatic rings. The van der Waals surface area contributed by atoms with Crippen molar-refractivity contribution in [3.05, 3.63) is 63.4 Å². The van der Waals surface area contributed by atoms with Crippen LogP contribution in [0.15, 0.2) is 52.2 Å². The third-order valence-electron chi connectivity index (χ3n) is 4.90. The maximum Gasteiger partial charge on any atom is 0.459 e. The van der Waals surface area contributed by atoms with Gasteiger partial charge in [-0.3, -0.25) is 23.7 Å². The second-order valence-corrected chi connectivity index (χ2v) is 11.2. The first-order valence-corrected chi connectivity index (χ1v) is 13.3. The molecule has 1 aromatic heterocycles. The van der Waals surface area contributed by atoms with Crippen molar-refractivity contribution in [3.8, 4) is 5.75 Å². The van der Waals surface area contributed by atoms with Crippen LogP contribution in [0.3, 0.4) is 0 Å². The predicted octanol–water partition coefficient (Wildman–Crippen LogP) is 1.01. The first-order chi connectivity index (χ1) is 16.5. The number of rotatable bonds is 10. The highest BCUT2D eigenvalue weighted by Crippen LogP contribution is 2.48. The molecule has 0 aliphatic carbocycles. The Balaban J connectivity index is 1.75. The predicted molar refractivity (Wildman–Crippen MR) is 128 cm³/mol. The molecule has 4 N–H and O–H groups in total. The van der Waals surface area contributed by atoms with Gasteiger partial charge < -0.3 is 19.5 Å². The molecule has 35 heavy (non-hydrogen) atoms. The van der Waals surface area contributed by atoms with Gasteiger partial charge in [-0.1, -0.05) is 18.2 Å². The van der Waals surface area contributed by atoms with Gasteiger partial charge in [-0.2, -0.15) is 5.09 Å². The van der Waals surface area contributed by atoms with Crippen molar-refractivity contribution in [2.45, 2.75) is 55.7 Å². The zero-order chi connectivity index (χ0) is 25.8. The number of hydrogen-bond acceptors (Lipinski definition) is 10. The molecule has 0 radical (unpaired) electrons. The maximum absolute atomic E-state index is 13.6. The Hall–Kier alpha value is -2.41. The fourth-order valence-electron chi connectivity index (χ4n) is 3.23. The highest BCUT2D eigenvalue weighted by atomic mass is 32.2. The number of aromatic amines is 1. The van der Waals surface area contributed by atoms with Crippen molar-refractivity contribution in [2.75, 3.05) is 6.61 Å². The summed E-state index contributed by atoms with van der Waals surface area (Å²) in [5.41, 5.74) is -1.35. The Morgan fingerprint density at radius 2 is 1.86 bits per heavy atom. The average molecular weight is 530 g/mol. The molecule has 1 aromatic carbocycles. The number of carbonyl (C=O) groups is 1. The summed E-state index contributed by atoms with van der Waals surface area (Å²) in [6.07, 6.45) is -1.90. The fourth-order valence-corrected chi connectivity index (χ4v) is 6.29. The zero-order valence-electron chi connectivity index (χ0n) is 19.3. The SMILES string of the molecule is CC(C)OC(=O)[C@@H](C)N[P@](=O)(OC[C@H]1S[C@@H](n2ccc(=O)[nH]c2=O)[C@H](O)[C@@H]1O)Oc1ccccc1. The summed E-state index contributed by atoms with van der Waals surface area (Å²) < 4.78 is 30.9. The van der Waals surface area contributed by atoms with Crippen molar-refractivity contribution in [3.63, 3.8) is 0 Å². The minimum atomic E-state index is -4.17. The summed E-state index contributed by atoms with van der Waals surface area (Å²) >= 11 is 1.00. The lowest BCUT2D eigenvalue weighted by Crippen LogP contribution is -2.38. The van der Waals surface area contributed by atoms with Crippen LogP contribution in [-0.2, 0) is 18.6 Å². The van der Waals surface area contributed by atoms with E-state index in [-0.39, 0.29) is 18.5 Å². The largest absolute Gasteiger partial charge is 0.462 e. The van der Waals surface area contributed by atoms with E-state index in [4.69, 9.17) is 13.8 Å². The molecule has 3 rings (SSSR count). The molecule has 2 heterocycles. The van der Waals surface area contributed by atoms with Crippen LogP contribution in [0.2, 0.25) is 0 Å². The molecule has 12 nitrogen and oxygen atoms in total. The number of thioether (sulfide) groups is 1. The molecule has 0 spiro atoms. The van der Waals surface area contributed by atoms with E-state index in [0.717, 1.165) is 22.4 Å². The normalized spacial score (nSPS) is 24.6. The van der Waals surface area contributed by atoms with Crippen LogP contribution < -0.4 is 20.9 Å². The fraction of sp³-hybridized carbons (Fsp3) is 0.476. The Kier molecular flexibility index (Phi) is 8.97. The van der Waals surface area contributed by atoms with Crippen molar-refractivity contribution < 1.29 is 33.4 Å². The van der Waals surface area contributed by atoms with E-state index < -0.39 is 53.8 Å². The number of nitrogens with one attached hydrogen (secondary N) is 2. The van der Waals surface area contributed by atoms with Crippen LogP contribution in [0.1, 0.15) is 26.1 Å². The zero-order valence-corrected chi connectivity index (χ0v) is 21.0. The van der Waals surface area contributed by atoms with Crippen molar-refractivity contribution in [1.82, 2.24) is 14.6 Å². The van der Waals surface area contributed by atoms with Crippen LogP contribution in [0.4, 0.5) is 0 Å². The summed E-state index contributed by atoms with van der Waals surface area (Å²) in [5.74, 6) is -0.450. The summed E-state index contributed by atoms with van der Waals surface area (Å²) in [6, 6.07) is 8.23. The number of aliphatic hydroxyl groups excluding tert-OH is 2. The third kappa shape index (κ3) is 7.06. The minimum absolute atomic E-state index is 0.213. The number of carbonyl (C=O) groups excluding carboxylic acids is 1. The topological polar surface area (TPSA) is 169 Å². The van der Waals surface area contributed by atoms with Gasteiger partial charge in [0, 0.05) is 12.3 Å². The van der Waals surface area contributed by atoms with Gasteiger partial charge in [0.2, 0.25) is 0 Å². The lowest BCUT2D eigenvalue weighted by atomic mass is 10.1. The van der Waals surface area contributed by atoms with Crippen LogP contribution in [0.5, 0.6) is 5.75 Å². The molecular weight excluding hydrogens is 501 g/mol. The number of H-pyrrole nitrogens is 1. The molecule has 14 heteroatoms. The van der Waals surface area contributed by atoms with Gasteiger partial charge >= 0.3 is 19.4 Å². The van der Waals surface area contributed by atoms with E-state index in [9.17, 15) is 29.2 Å². The highest BCUT2D eigenvalue weighted by molar-refractivity contribution is 8.00. The van der Waals surface area contributed by atoms with E-state index in [0.29, 0.717) is 0 Å². The summed E-state index contributed by atoms with van der Waals surface area (Å²) in [7, 11) is -4.17. The van der Waals surface area contributed by atoms with Gasteiger partial charge in [0.1, 0.15) is 23.3 Å². The molecule has 0 bridgehead atoms. The van der Waals surface area contributed by atoms with Crippen LogP contribution >= 0.6 is 19.5 Å². The number of ether oxygens (including phenoxy) is 1. The van der Waals surface area contributed by atoms with Crippen molar-refractivity contribution >= 4 is 25.5 Å². The first-order valence-electron chi connectivity index (χ1n) is 10.8. The standard InChI is InChI=1S/C21H28N3O9PS/c1-12(2)32-20(28)13(3)23-34(30,33-14-7-5-4-6-8-14)31-11-15-17(26)18(27)19(35-15)24-10-9-16(25)22-21(24)29/h4-10,12-13,15,17-19,26-27H,11H2,1-3H3,(H,23,30)(H,22,25,29)/t13-,15-,17-,18-,19-,34+/m1/s1. The molecule has 2 aromatic rings. The van der Waals surface area contributed by atoms with Crippen molar-refractivity contribution in [2.24, 2.45) is 0 Å². The van der Waals surface area contributed by atoms with Gasteiger partial charge in [0.15, 0.2) is 0 Å². The molecule has 1 saturated heterocycles. The van der Waals surface area contributed by atoms with Gasteiger partial charge in [-0.25, -0.2) is 9.36 Å². The van der Waals surface area contributed by atoms with Crippen LogP contribution in [-0.4, -0.2) is 61.9 Å². The first kappa shape index (κ1) is 27.2. The Morgan fingerprint density at radius 1 is 1.17 bits per heavy atom. The smallest absolute Gasteiger partial charge is 0.459 e. The lowest BCUT2D eigenvalue weighted by molar-refractivity contribution is -0.149. The number of esters is 1. The number of hydrogen-bond donors (Lipinski definition) is 4. The molecule has 0 amide bonds. The third-order valence-corrected chi connectivity index (χ3v) is 8.09. The molecule has 1 fully saturated rings. The second kappa shape index (κ2) is 11.5.